The highest BCUT2D eigenvalue weighted by molar-refractivity contribution is 6.19. The van der Waals surface area contributed by atoms with E-state index in [2.05, 4.69) is 193 Å². The van der Waals surface area contributed by atoms with Crippen LogP contribution in [-0.4, -0.2) is 4.98 Å². The van der Waals surface area contributed by atoms with Gasteiger partial charge in [-0.2, -0.15) is 0 Å². The summed E-state index contributed by atoms with van der Waals surface area (Å²) in [6.45, 7) is 0. The van der Waals surface area contributed by atoms with Gasteiger partial charge in [-0.1, -0.05) is 164 Å². The SMILES string of the molecule is c1ccc(-c2cccc(N(c3ccc(-c4ccc(-c5ccccc5)cc4-c4ccccc4)cc3)c3c4ccccc4nc4oc5ccccc5c34)c2)cc1. The van der Waals surface area contributed by atoms with Gasteiger partial charge in [-0.3, -0.25) is 0 Å². The monoisotopic (exact) mass is 690 g/mol. The molecule has 0 amide bonds. The van der Waals surface area contributed by atoms with Crippen molar-refractivity contribution >= 4 is 50.0 Å². The van der Waals surface area contributed by atoms with Crippen molar-refractivity contribution in [2.24, 2.45) is 0 Å². The first-order chi connectivity index (χ1) is 26.8. The summed E-state index contributed by atoms with van der Waals surface area (Å²) in [6, 6.07) is 73.0. The molecule has 0 radical (unpaired) electrons. The highest BCUT2D eigenvalue weighted by Crippen LogP contribution is 2.47. The van der Waals surface area contributed by atoms with Gasteiger partial charge in [0.15, 0.2) is 0 Å². The number of hydrogen-bond acceptors (Lipinski definition) is 3. The van der Waals surface area contributed by atoms with Crippen molar-refractivity contribution in [1.29, 1.82) is 0 Å². The molecule has 0 fully saturated rings. The quantitative estimate of drug-likeness (QED) is 0.167. The number of benzene rings is 8. The van der Waals surface area contributed by atoms with Crippen molar-refractivity contribution in [2.45, 2.75) is 0 Å². The summed E-state index contributed by atoms with van der Waals surface area (Å²) in [6.07, 6.45) is 0. The van der Waals surface area contributed by atoms with Crippen LogP contribution in [-0.2, 0) is 0 Å². The maximum absolute atomic E-state index is 6.45. The molecule has 2 heterocycles. The molecule has 10 rings (SSSR count). The van der Waals surface area contributed by atoms with Crippen LogP contribution in [0.1, 0.15) is 0 Å². The maximum Gasteiger partial charge on any atom is 0.230 e. The lowest BCUT2D eigenvalue weighted by molar-refractivity contribution is 0.656. The Morgan fingerprint density at radius 1 is 0.370 bits per heavy atom. The Morgan fingerprint density at radius 2 is 0.926 bits per heavy atom. The van der Waals surface area contributed by atoms with Gasteiger partial charge in [0.05, 0.1) is 16.6 Å². The Bertz CT molecular complexity index is 2920. The summed E-state index contributed by atoms with van der Waals surface area (Å²) < 4.78 is 6.45. The number of aromatic nitrogens is 1. The van der Waals surface area contributed by atoms with Crippen molar-refractivity contribution in [3.8, 4) is 44.5 Å². The van der Waals surface area contributed by atoms with Crippen molar-refractivity contribution in [2.75, 3.05) is 4.90 Å². The van der Waals surface area contributed by atoms with Gasteiger partial charge < -0.3 is 9.32 Å². The van der Waals surface area contributed by atoms with Gasteiger partial charge in [0.1, 0.15) is 5.58 Å². The van der Waals surface area contributed by atoms with Gasteiger partial charge in [-0.25, -0.2) is 4.98 Å². The molecule has 54 heavy (non-hydrogen) atoms. The second-order valence-electron chi connectivity index (χ2n) is 13.5. The van der Waals surface area contributed by atoms with Gasteiger partial charge in [0.2, 0.25) is 5.71 Å². The minimum atomic E-state index is 0.622. The van der Waals surface area contributed by atoms with Gasteiger partial charge in [-0.05, 0) is 87.0 Å². The van der Waals surface area contributed by atoms with Crippen molar-refractivity contribution in [1.82, 2.24) is 4.98 Å². The number of nitrogens with zero attached hydrogens (tertiary/aromatic N) is 2. The molecule has 0 aliphatic heterocycles. The Morgan fingerprint density at radius 3 is 1.65 bits per heavy atom. The first-order valence-electron chi connectivity index (χ1n) is 18.3. The second-order valence-corrected chi connectivity index (χ2v) is 13.5. The van der Waals surface area contributed by atoms with Crippen molar-refractivity contribution in [3.63, 3.8) is 0 Å². The lowest BCUT2D eigenvalue weighted by Crippen LogP contribution is -2.11. The van der Waals surface area contributed by atoms with Crippen LogP contribution in [0.15, 0.2) is 211 Å². The number of hydrogen-bond donors (Lipinski definition) is 0. The lowest BCUT2D eigenvalue weighted by atomic mass is 9.91. The Kier molecular flexibility index (Phi) is 7.81. The predicted octanol–water partition coefficient (Wildman–Crippen LogP) is 14.3. The standard InChI is InChI=1S/C51H34N2O/c1-4-15-35(16-5-1)39-21-14-22-42(33-39)53(50-44-23-10-12-25-47(44)52-51-49(50)45-24-11-13-26-48(45)54-51)41-30-27-38(28-31-41)43-32-29-40(36-17-6-2-7-18-36)34-46(43)37-19-8-3-9-20-37/h1-34H. The fourth-order valence-electron chi connectivity index (χ4n) is 7.70. The second kappa shape index (κ2) is 13.4. The van der Waals surface area contributed by atoms with Crippen LogP contribution in [0.25, 0.3) is 77.5 Å². The highest BCUT2D eigenvalue weighted by atomic mass is 16.3. The molecular weight excluding hydrogens is 657 g/mol. The largest absolute Gasteiger partial charge is 0.438 e. The zero-order chi connectivity index (χ0) is 35.8. The summed E-state index contributed by atoms with van der Waals surface area (Å²) in [7, 11) is 0. The third kappa shape index (κ3) is 5.60. The molecule has 10 aromatic rings. The minimum absolute atomic E-state index is 0.622. The normalized spacial score (nSPS) is 11.3. The molecule has 0 unspecified atom stereocenters. The Labute approximate surface area is 314 Å². The third-order valence-corrected chi connectivity index (χ3v) is 10.3. The molecule has 0 spiro atoms. The fourth-order valence-corrected chi connectivity index (χ4v) is 7.70. The third-order valence-electron chi connectivity index (χ3n) is 10.3. The topological polar surface area (TPSA) is 29.3 Å². The molecule has 0 N–H and O–H groups in total. The van der Waals surface area contributed by atoms with Crippen LogP contribution >= 0.6 is 0 Å². The molecular formula is C51H34N2O. The zero-order valence-corrected chi connectivity index (χ0v) is 29.4. The molecule has 8 aromatic carbocycles. The zero-order valence-electron chi connectivity index (χ0n) is 29.4. The highest BCUT2D eigenvalue weighted by Gasteiger charge is 2.24. The number of para-hydroxylation sites is 2. The van der Waals surface area contributed by atoms with Crippen molar-refractivity contribution in [3.05, 3.63) is 206 Å². The van der Waals surface area contributed by atoms with Gasteiger partial charge in [0, 0.05) is 22.1 Å². The number of rotatable bonds is 7. The van der Waals surface area contributed by atoms with E-state index in [4.69, 9.17) is 9.40 Å². The van der Waals surface area contributed by atoms with E-state index < -0.39 is 0 Å². The molecule has 0 bridgehead atoms. The number of fused-ring (bicyclic) bond motifs is 4. The van der Waals surface area contributed by atoms with Gasteiger partial charge in [0.25, 0.3) is 0 Å². The van der Waals surface area contributed by atoms with Gasteiger partial charge >= 0.3 is 0 Å². The van der Waals surface area contributed by atoms with Crippen LogP contribution in [0.3, 0.4) is 0 Å². The number of pyridine rings is 1. The van der Waals surface area contributed by atoms with Crippen LogP contribution in [0.4, 0.5) is 17.1 Å². The number of anilines is 3. The molecule has 254 valence electrons. The summed E-state index contributed by atoms with van der Waals surface area (Å²) in [5.41, 5.74) is 14.9. The Hall–Kier alpha value is -7.23. The van der Waals surface area contributed by atoms with Crippen molar-refractivity contribution < 1.29 is 4.42 Å². The Balaban J connectivity index is 1.19. The first-order valence-corrected chi connectivity index (χ1v) is 18.3. The molecule has 0 saturated carbocycles. The molecule has 2 aromatic heterocycles. The predicted molar refractivity (Wildman–Crippen MR) is 225 cm³/mol. The van der Waals surface area contributed by atoms with Crippen LogP contribution in [0, 0.1) is 0 Å². The summed E-state index contributed by atoms with van der Waals surface area (Å²) >= 11 is 0. The van der Waals surface area contributed by atoms with Gasteiger partial charge in [-0.15, -0.1) is 0 Å². The summed E-state index contributed by atoms with van der Waals surface area (Å²) in [5, 5.41) is 3.07. The lowest BCUT2D eigenvalue weighted by Gasteiger charge is -2.28. The summed E-state index contributed by atoms with van der Waals surface area (Å²) in [4.78, 5) is 7.41. The molecule has 3 nitrogen and oxygen atoms in total. The maximum atomic E-state index is 6.45. The molecule has 0 atom stereocenters. The van der Waals surface area contributed by atoms with E-state index in [1.165, 1.54) is 33.4 Å². The van der Waals surface area contributed by atoms with E-state index in [1.807, 2.05) is 18.2 Å². The molecule has 0 aliphatic carbocycles. The molecule has 0 saturated heterocycles. The van der Waals surface area contributed by atoms with E-state index in [1.54, 1.807) is 0 Å². The number of furan rings is 1. The smallest absolute Gasteiger partial charge is 0.230 e. The first kappa shape index (κ1) is 31.5. The van der Waals surface area contributed by atoms with Crippen LogP contribution < -0.4 is 4.90 Å². The van der Waals surface area contributed by atoms with E-state index in [9.17, 15) is 0 Å². The molecule has 0 aliphatic rings. The van der Waals surface area contributed by atoms with E-state index >= 15 is 0 Å². The van der Waals surface area contributed by atoms with E-state index in [-0.39, 0.29) is 0 Å². The van der Waals surface area contributed by atoms with Crippen LogP contribution in [0.2, 0.25) is 0 Å². The minimum Gasteiger partial charge on any atom is -0.438 e. The summed E-state index contributed by atoms with van der Waals surface area (Å²) in [5.74, 6) is 0. The average Bonchev–Trinajstić information content (AvgIpc) is 3.63. The average molecular weight is 691 g/mol. The molecule has 3 heteroatoms. The van der Waals surface area contributed by atoms with E-state index in [0.717, 1.165) is 55.4 Å². The fraction of sp³-hybridized carbons (Fsp3) is 0. The van der Waals surface area contributed by atoms with E-state index in [0.29, 0.717) is 5.71 Å². The van der Waals surface area contributed by atoms with Crippen LogP contribution in [0.5, 0.6) is 0 Å².